The van der Waals surface area contributed by atoms with Crippen LogP contribution in [0, 0.1) is 0 Å². The zero-order chi connectivity index (χ0) is 15.3. The number of ether oxygens (including phenoxy) is 1. The van der Waals surface area contributed by atoms with Crippen molar-refractivity contribution >= 4 is 17.7 Å². The molecular weight excluding hydrogens is 262 g/mol. The van der Waals surface area contributed by atoms with Crippen LogP contribution in [0.2, 0.25) is 0 Å². The first kappa shape index (κ1) is 15.7. The number of likely N-dealkylation sites (N-methyl/N-ethyl adjacent to an activating group) is 1. The van der Waals surface area contributed by atoms with Crippen molar-refractivity contribution < 1.29 is 14.3 Å². The van der Waals surface area contributed by atoms with E-state index in [1.807, 2.05) is 0 Å². The highest BCUT2D eigenvalue weighted by Gasteiger charge is 2.21. The average molecular weight is 281 g/mol. The lowest BCUT2D eigenvalue weighted by Gasteiger charge is -2.24. The minimum absolute atomic E-state index is 0.134. The molecule has 0 saturated carbocycles. The number of nitrogens with zero attached hydrogens (tertiary/aromatic N) is 1. The van der Waals surface area contributed by atoms with Gasteiger partial charge in [-0.25, -0.2) is 4.79 Å². The minimum Gasteiger partial charge on any atom is -0.444 e. The van der Waals surface area contributed by atoms with E-state index in [9.17, 15) is 14.4 Å². The van der Waals surface area contributed by atoms with E-state index in [4.69, 9.17) is 4.74 Å². The zero-order valence-electron chi connectivity index (χ0n) is 12.0. The largest absolute Gasteiger partial charge is 0.444 e. The highest BCUT2D eigenvalue weighted by molar-refractivity contribution is 5.93. The van der Waals surface area contributed by atoms with Gasteiger partial charge in [-0.05, 0) is 20.8 Å². The number of hydrogen-bond acceptors (Lipinski definition) is 4. The van der Waals surface area contributed by atoms with Crippen LogP contribution in [0.15, 0.2) is 23.3 Å². The van der Waals surface area contributed by atoms with Crippen molar-refractivity contribution in [3.8, 4) is 0 Å². The van der Waals surface area contributed by atoms with Crippen LogP contribution in [0.1, 0.15) is 20.8 Å². The summed E-state index contributed by atoms with van der Waals surface area (Å²) in [6, 6.07) is 1.30. The maximum absolute atomic E-state index is 11.7. The van der Waals surface area contributed by atoms with Crippen molar-refractivity contribution in [1.29, 1.82) is 0 Å². The van der Waals surface area contributed by atoms with Crippen molar-refractivity contribution in [2.24, 2.45) is 0 Å². The van der Waals surface area contributed by atoms with Crippen LogP contribution in [0.25, 0.3) is 0 Å². The van der Waals surface area contributed by atoms with Crippen molar-refractivity contribution in [3.05, 3.63) is 28.7 Å². The number of amides is 2. The van der Waals surface area contributed by atoms with Gasteiger partial charge >= 0.3 is 6.09 Å². The fourth-order valence-electron chi connectivity index (χ4n) is 1.32. The molecule has 1 aromatic heterocycles. The Balaban J connectivity index is 2.56. The van der Waals surface area contributed by atoms with Gasteiger partial charge in [-0.2, -0.15) is 0 Å². The van der Waals surface area contributed by atoms with E-state index in [-0.39, 0.29) is 17.7 Å². The van der Waals surface area contributed by atoms with Crippen LogP contribution >= 0.6 is 0 Å². The fraction of sp³-hybridized carbons (Fsp3) is 0.462. The lowest BCUT2D eigenvalue weighted by Crippen LogP contribution is -2.39. The zero-order valence-corrected chi connectivity index (χ0v) is 12.0. The number of aromatic amines is 1. The van der Waals surface area contributed by atoms with Gasteiger partial charge in [-0.1, -0.05) is 0 Å². The number of nitrogens with one attached hydrogen (secondary N) is 2. The standard InChI is InChI=1S/C13H19N3O4/c1-13(2,3)20-12(19)16(4)8-11(18)15-9-7-14-6-5-10(9)17/h5-7H,8H2,1-4H3,(H,14,17)(H,15,18). The summed E-state index contributed by atoms with van der Waals surface area (Å²) in [7, 11) is 1.45. The lowest BCUT2D eigenvalue weighted by atomic mass is 10.2. The Morgan fingerprint density at radius 3 is 2.60 bits per heavy atom. The second-order valence-corrected chi connectivity index (χ2v) is 5.31. The molecule has 0 aliphatic heterocycles. The molecule has 0 spiro atoms. The Labute approximate surface area is 116 Å². The number of carbonyl (C=O) groups excluding carboxylic acids is 2. The predicted molar refractivity (Wildman–Crippen MR) is 74.6 cm³/mol. The first-order valence-electron chi connectivity index (χ1n) is 6.10. The Hall–Kier alpha value is -2.31. The van der Waals surface area contributed by atoms with Crippen molar-refractivity contribution in [2.75, 3.05) is 18.9 Å². The number of anilines is 1. The van der Waals surface area contributed by atoms with Crippen LogP contribution in [0.5, 0.6) is 0 Å². The van der Waals surface area contributed by atoms with Crippen LogP contribution in [0.4, 0.5) is 10.5 Å². The normalized spacial score (nSPS) is 10.8. The van der Waals surface area contributed by atoms with Crippen LogP contribution in [-0.2, 0) is 9.53 Å². The van der Waals surface area contributed by atoms with Crippen molar-refractivity contribution in [3.63, 3.8) is 0 Å². The maximum Gasteiger partial charge on any atom is 0.410 e. The van der Waals surface area contributed by atoms with Gasteiger partial charge in [0.15, 0.2) is 0 Å². The molecule has 2 N–H and O–H groups in total. The van der Waals surface area contributed by atoms with Gasteiger partial charge in [-0.3, -0.25) is 9.59 Å². The fourth-order valence-corrected chi connectivity index (χ4v) is 1.32. The van der Waals surface area contributed by atoms with Crippen molar-refractivity contribution in [1.82, 2.24) is 9.88 Å². The molecular formula is C13H19N3O4. The molecule has 1 heterocycles. The topological polar surface area (TPSA) is 91.5 Å². The molecule has 0 radical (unpaired) electrons. The molecule has 0 unspecified atom stereocenters. The van der Waals surface area contributed by atoms with E-state index >= 15 is 0 Å². The molecule has 0 saturated heterocycles. The molecule has 0 bridgehead atoms. The quantitative estimate of drug-likeness (QED) is 0.870. The van der Waals surface area contributed by atoms with E-state index in [0.717, 1.165) is 4.90 Å². The van der Waals surface area contributed by atoms with E-state index in [1.54, 1.807) is 20.8 Å². The molecule has 2 amide bonds. The Kier molecular flexibility index (Phi) is 4.90. The second kappa shape index (κ2) is 6.23. The van der Waals surface area contributed by atoms with Gasteiger partial charge in [0.1, 0.15) is 17.8 Å². The number of hydrogen-bond donors (Lipinski definition) is 2. The van der Waals surface area contributed by atoms with Gasteiger partial charge in [0.05, 0.1) is 0 Å². The number of carbonyl (C=O) groups is 2. The number of pyridine rings is 1. The van der Waals surface area contributed by atoms with E-state index in [1.165, 1.54) is 25.5 Å². The Morgan fingerprint density at radius 2 is 2.05 bits per heavy atom. The van der Waals surface area contributed by atoms with E-state index in [2.05, 4.69) is 10.3 Å². The molecule has 20 heavy (non-hydrogen) atoms. The van der Waals surface area contributed by atoms with Gasteiger partial charge in [0, 0.05) is 25.5 Å². The summed E-state index contributed by atoms with van der Waals surface area (Å²) in [5.74, 6) is -0.477. The molecule has 7 heteroatoms. The number of H-pyrrole nitrogens is 1. The lowest BCUT2D eigenvalue weighted by molar-refractivity contribution is -0.117. The van der Waals surface area contributed by atoms with Gasteiger partial charge in [-0.15, -0.1) is 0 Å². The molecule has 1 rings (SSSR count). The second-order valence-electron chi connectivity index (χ2n) is 5.31. The molecule has 0 atom stereocenters. The summed E-state index contributed by atoms with van der Waals surface area (Å²) in [6.45, 7) is 5.01. The monoisotopic (exact) mass is 281 g/mol. The maximum atomic E-state index is 11.7. The molecule has 0 aliphatic carbocycles. The molecule has 110 valence electrons. The molecule has 7 nitrogen and oxygen atoms in total. The summed E-state index contributed by atoms with van der Waals surface area (Å²) >= 11 is 0. The first-order chi connectivity index (χ1) is 9.19. The third kappa shape index (κ3) is 5.13. The minimum atomic E-state index is -0.627. The van der Waals surface area contributed by atoms with Crippen LogP contribution < -0.4 is 10.7 Å². The smallest absolute Gasteiger partial charge is 0.410 e. The number of rotatable bonds is 3. The summed E-state index contributed by atoms with van der Waals surface area (Å²) in [6.07, 6.45) is 2.24. The molecule has 0 fully saturated rings. The third-order valence-corrected chi connectivity index (χ3v) is 2.18. The Morgan fingerprint density at radius 1 is 1.40 bits per heavy atom. The highest BCUT2D eigenvalue weighted by Crippen LogP contribution is 2.09. The summed E-state index contributed by atoms with van der Waals surface area (Å²) in [4.78, 5) is 38.7. The van der Waals surface area contributed by atoms with Crippen LogP contribution in [0.3, 0.4) is 0 Å². The average Bonchev–Trinajstić information content (AvgIpc) is 2.29. The molecule has 1 aromatic rings. The molecule has 0 aromatic carbocycles. The van der Waals surface area contributed by atoms with Gasteiger partial charge in [0.25, 0.3) is 0 Å². The van der Waals surface area contributed by atoms with E-state index in [0.29, 0.717) is 0 Å². The first-order valence-corrected chi connectivity index (χ1v) is 6.10. The predicted octanol–water partition coefficient (Wildman–Crippen LogP) is 1.18. The number of aromatic nitrogens is 1. The highest BCUT2D eigenvalue weighted by atomic mass is 16.6. The van der Waals surface area contributed by atoms with Crippen molar-refractivity contribution in [2.45, 2.75) is 26.4 Å². The summed E-state index contributed by atoms with van der Waals surface area (Å²) < 4.78 is 5.11. The third-order valence-electron chi connectivity index (χ3n) is 2.18. The Bertz CT molecular complexity index is 545. The summed E-state index contributed by atoms with van der Waals surface area (Å²) in [5, 5.41) is 2.43. The van der Waals surface area contributed by atoms with E-state index < -0.39 is 17.6 Å². The van der Waals surface area contributed by atoms with Gasteiger partial charge < -0.3 is 19.9 Å². The molecule has 0 aliphatic rings. The summed E-state index contributed by atoms with van der Waals surface area (Å²) in [5.41, 5.74) is -0.801. The van der Waals surface area contributed by atoms with Gasteiger partial charge in [0.2, 0.25) is 11.3 Å². The van der Waals surface area contributed by atoms with Crippen LogP contribution in [-0.4, -0.2) is 41.1 Å². The SMILES string of the molecule is CN(CC(=O)Nc1c[nH]ccc1=O)C(=O)OC(C)(C)C.